The van der Waals surface area contributed by atoms with Crippen molar-refractivity contribution < 1.29 is 24.2 Å². The van der Waals surface area contributed by atoms with Crippen LogP contribution in [0.15, 0.2) is 0 Å². The maximum Gasteiger partial charge on any atom is 0.334 e. The summed E-state index contributed by atoms with van der Waals surface area (Å²) in [7, 11) is 0. The van der Waals surface area contributed by atoms with Gasteiger partial charge in [-0.1, -0.05) is 0 Å². The van der Waals surface area contributed by atoms with Crippen LogP contribution in [-0.4, -0.2) is 60.4 Å². The van der Waals surface area contributed by atoms with Crippen molar-refractivity contribution in [3.05, 3.63) is 0 Å². The van der Waals surface area contributed by atoms with E-state index in [0.717, 1.165) is 32.3 Å². The Morgan fingerprint density at radius 1 is 1.21 bits per heavy atom. The molecule has 2 atom stereocenters. The van der Waals surface area contributed by atoms with Crippen LogP contribution in [0.2, 0.25) is 0 Å². The van der Waals surface area contributed by atoms with Gasteiger partial charge in [0, 0.05) is 19.6 Å². The lowest BCUT2D eigenvalue weighted by atomic mass is 10.0. The highest BCUT2D eigenvalue weighted by Crippen LogP contribution is 2.18. The Morgan fingerprint density at radius 2 is 2.05 bits per heavy atom. The molecule has 0 saturated carbocycles. The zero-order valence-corrected chi connectivity index (χ0v) is 11.0. The van der Waals surface area contributed by atoms with E-state index in [9.17, 15) is 9.59 Å². The Hall–Kier alpha value is -1.14. The molecule has 2 rings (SSSR count). The molecule has 19 heavy (non-hydrogen) atoms. The van der Waals surface area contributed by atoms with Crippen LogP contribution in [0, 0.1) is 0 Å². The van der Waals surface area contributed by atoms with Gasteiger partial charge in [0.05, 0.1) is 19.3 Å². The Bertz CT molecular complexity index is 327. The van der Waals surface area contributed by atoms with Crippen LogP contribution in [0.3, 0.4) is 0 Å². The van der Waals surface area contributed by atoms with E-state index >= 15 is 0 Å². The van der Waals surface area contributed by atoms with Gasteiger partial charge in [-0.25, -0.2) is 4.79 Å². The fraction of sp³-hybridized carbons (Fsp3) is 0.846. The molecule has 2 aliphatic rings. The fourth-order valence-electron chi connectivity index (χ4n) is 2.50. The monoisotopic (exact) mass is 271 g/mol. The van der Waals surface area contributed by atoms with Crippen molar-refractivity contribution in [2.75, 3.05) is 26.3 Å². The summed E-state index contributed by atoms with van der Waals surface area (Å²) < 4.78 is 10.7. The first-order valence-corrected chi connectivity index (χ1v) is 6.90. The highest BCUT2D eigenvalue weighted by molar-refractivity contribution is 5.78. The average molecular weight is 271 g/mol. The second kappa shape index (κ2) is 6.86. The van der Waals surface area contributed by atoms with Gasteiger partial charge in [-0.05, 0) is 25.7 Å². The molecular weight excluding hydrogens is 250 g/mol. The number of ether oxygens (including phenoxy) is 2. The molecule has 0 aliphatic carbocycles. The number of rotatable bonds is 4. The zero-order chi connectivity index (χ0) is 13.7. The summed E-state index contributed by atoms with van der Waals surface area (Å²) in [5, 5.41) is 8.89. The summed E-state index contributed by atoms with van der Waals surface area (Å²) in [4.78, 5) is 24.5. The first-order valence-electron chi connectivity index (χ1n) is 6.90. The molecular formula is C13H21NO5. The first kappa shape index (κ1) is 14.3. The smallest absolute Gasteiger partial charge is 0.334 e. The Balaban J connectivity index is 1.74. The van der Waals surface area contributed by atoms with Crippen molar-refractivity contribution in [2.45, 2.75) is 44.3 Å². The number of hydrogen-bond acceptors (Lipinski definition) is 4. The Kier molecular flexibility index (Phi) is 5.15. The number of carbonyl (C=O) groups excluding carboxylic acids is 1. The molecule has 2 aliphatic heterocycles. The SMILES string of the molecule is O=C(O)C1CN(C(=O)CCC2CCCCO2)CCO1. The maximum atomic E-state index is 12.0. The topological polar surface area (TPSA) is 76.1 Å². The second-order valence-corrected chi connectivity index (χ2v) is 5.06. The number of hydrogen-bond donors (Lipinski definition) is 1. The lowest BCUT2D eigenvalue weighted by Gasteiger charge is -2.31. The summed E-state index contributed by atoms with van der Waals surface area (Å²) in [5.74, 6) is -1.00. The lowest BCUT2D eigenvalue weighted by molar-refractivity contribution is -0.159. The van der Waals surface area contributed by atoms with E-state index in [1.54, 1.807) is 4.90 Å². The summed E-state index contributed by atoms with van der Waals surface area (Å²) in [5.41, 5.74) is 0. The summed E-state index contributed by atoms with van der Waals surface area (Å²) in [6, 6.07) is 0. The minimum absolute atomic E-state index is 0.00345. The second-order valence-electron chi connectivity index (χ2n) is 5.06. The Morgan fingerprint density at radius 3 is 2.74 bits per heavy atom. The molecule has 0 bridgehead atoms. The van der Waals surface area contributed by atoms with Gasteiger partial charge >= 0.3 is 5.97 Å². The third-order valence-electron chi connectivity index (χ3n) is 3.65. The minimum atomic E-state index is -1.01. The number of amides is 1. The number of morpholine rings is 1. The minimum Gasteiger partial charge on any atom is -0.479 e. The Labute approximate surface area is 112 Å². The van der Waals surface area contributed by atoms with Crippen molar-refractivity contribution >= 4 is 11.9 Å². The van der Waals surface area contributed by atoms with E-state index < -0.39 is 12.1 Å². The van der Waals surface area contributed by atoms with Crippen LogP contribution in [-0.2, 0) is 19.1 Å². The maximum absolute atomic E-state index is 12.0. The third-order valence-corrected chi connectivity index (χ3v) is 3.65. The summed E-state index contributed by atoms with van der Waals surface area (Å²) in [6.45, 7) is 1.72. The number of nitrogens with zero attached hydrogens (tertiary/aromatic N) is 1. The van der Waals surface area contributed by atoms with E-state index in [-0.39, 0.29) is 18.6 Å². The highest BCUT2D eigenvalue weighted by atomic mass is 16.5. The van der Waals surface area contributed by atoms with E-state index in [0.29, 0.717) is 19.6 Å². The van der Waals surface area contributed by atoms with Gasteiger partial charge in [0.1, 0.15) is 0 Å². The average Bonchev–Trinajstić information content (AvgIpc) is 2.46. The summed E-state index contributed by atoms with van der Waals surface area (Å²) >= 11 is 0. The van der Waals surface area contributed by atoms with Crippen molar-refractivity contribution in [3.8, 4) is 0 Å². The van der Waals surface area contributed by atoms with Gasteiger partial charge in [0.2, 0.25) is 5.91 Å². The van der Waals surface area contributed by atoms with Gasteiger partial charge in [-0.3, -0.25) is 4.79 Å². The molecule has 0 aromatic heterocycles. The molecule has 6 nitrogen and oxygen atoms in total. The standard InChI is InChI=1S/C13H21NO5/c15-12(5-4-10-3-1-2-7-18-10)14-6-8-19-11(9-14)13(16)17/h10-11H,1-9H2,(H,16,17). The molecule has 108 valence electrons. The molecule has 1 N–H and O–H groups in total. The van der Waals surface area contributed by atoms with Crippen LogP contribution >= 0.6 is 0 Å². The lowest BCUT2D eigenvalue weighted by Crippen LogP contribution is -2.48. The van der Waals surface area contributed by atoms with Gasteiger partial charge in [0.15, 0.2) is 6.10 Å². The predicted octanol–water partition coefficient (Wildman–Crippen LogP) is 0.648. The van der Waals surface area contributed by atoms with Gasteiger partial charge in [0.25, 0.3) is 0 Å². The van der Waals surface area contributed by atoms with Crippen molar-refractivity contribution in [1.29, 1.82) is 0 Å². The van der Waals surface area contributed by atoms with Gasteiger partial charge < -0.3 is 19.5 Å². The van der Waals surface area contributed by atoms with Crippen molar-refractivity contribution in [2.24, 2.45) is 0 Å². The van der Waals surface area contributed by atoms with E-state index in [1.807, 2.05) is 0 Å². The molecule has 0 spiro atoms. The fourth-order valence-corrected chi connectivity index (χ4v) is 2.50. The molecule has 0 radical (unpaired) electrons. The number of carboxylic acids is 1. The molecule has 2 saturated heterocycles. The quantitative estimate of drug-likeness (QED) is 0.812. The van der Waals surface area contributed by atoms with Crippen LogP contribution in [0.1, 0.15) is 32.1 Å². The first-order chi connectivity index (χ1) is 9.16. The molecule has 0 aromatic rings. The van der Waals surface area contributed by atoms with Crippen LogP contribution in [0.4, 0.5) is 0 Å². The summed E-state index contributed by atoms with van der Waals surface area (Å²) in [6.07, 6.45) is 3.75. The largest absolute Gasteiger partial charge is 0.479 e. The molecule has 0 aromatic carbocycles. The van der Waals surface area contributed by atoms with Crippen molar-refractivity contribution in [1.82, 2.24) is 4.90 Å². The number of carboxylic acid groups (broad SMARTS) is 1. The van der Waals surface area contributed by atoms with E-state index in [4.69, 9.17) is 14.6 Å². The molecule has 2 fully saturated rings. The van der Waals surface area contributed by atoms with Gasteiger partial charge in [-0.2, -0.15) is 0 Å². The molecule has 1 amide bonds. The third kappa shape index (κ3) is 4.18. The number of carbonyl (C=O) groups is 2. The van der Waals surface area contributed by atoms with Crippen molar-refractivity contribution in [3.63, 3.8) is 0 Å². The zero-order valence-electron chi connectivity index (χ0n) is 11.0. The van der Waals surface area contributed by atoms with E-state index in [1.165, 1.54) is 0 Å². The number of aliphatic carboxylic acids is 1. The van der Waals surface area contributed by atoms with Crippen LogP contribution in [0.5, 0.6) is 0 Å². The predicted molar refractivity (Wildman–Crippen MR) is 66.8 cm³/mol. The van der Waals surface area contributed by atoms with E-state index in [2.05, 4.69) is 0 Å². The highest BCUT2D eigenvalue weighted by Gasteiger charge is 2.29. The van der Waals surface area contributed by atoms with Crippen LogP contribution < -0.4 is 0 Å². The van der Waals surface area contributed by atoms with Gasteiger partial charge in [-0.15, -0.1) is 0 Å². The normalized spacial score (nSPS) is 28.1. The van der Waals surface area contributed by atoms with Crippen LogP contribution in [0.25, 0.3) is 0 Å². The molecule has 2 unspecified atom stereocenters. The molecule has 6 heteroatoms. The molecule has 2 heterocycles.